The van der Waals surface area contributed by atoms with Crippen LogP contribution in [0, 0.1) is 0 Å². The molecule has 0 aliphatic carbocycles. The Bertz CT molecular complexity index is 907. The Morgan fingerprint density at radius 1 is 1.42 bits per heavy atom. The Morgan fingerprint density at radius 3 is 2.88 bits per heavy atom. The highest BCUT2D eigenvalue weighted by molar-refractivity contribution is 6.30. The minimum atomic E-state index is -1.04. The number of rotatable bonds is 5. The van der Waals surface area contributed by atoms with Crippen molar-refractivity contribution in [2.45, 2.75) is 19.3 Å². The summed E-state index contributed by atoms with van der Waals surface area (Å²) in [6, 6.07) is 9.11. The lowest BCUT2D eigenvalue weighted by Gasteiger charge is -2.09. The molecule has 0 spiro atoms. The summed E-state index contributed by atoms with van der Waals surface area (Å²) in [5.74, 6) is 0.123. The molecular weight excluding hydrogens is 330 g/mol. The maximum Gasteiger partial charge on any atom is 0.337 e. The van der Waals surface area contributed by atoms with Gasteiger partial charge in [0, 0.05) is 23.7 Å². The van der Waals surface area contributed by atoms with Crippen molar-refractivity contribution in [3.63, 3.8) is 0 Å². The molecule has 1 aromatic carbocycles. The Labute approximate surface area is 143 Å². The van der Waals surface area contributed by atoms with Gasteiger partial charge in [0.25, 0.3) is 0 Å². The van der Waals surface area contributed by atoms with E-state index in [4.69, 9.17) is 21.4 Å². The number of carboxylic acid groups (broad SMARTS) is 1. The van der Waals surface area contributed by atoms with Crippen LogP contribution in [0.15, 0.2) is 36.5 Å². The van der Waals surface area contributed by atoms with Crippen LogP contribution in [0.5, 0.6) is 5.75 Å². The minimum absolute atomic E-state index is 0.0960. The smallest absolute Gasteiger partial charge is 0.337 e. The molecule has 3 rings (SSSR count). The number of methoxy groups -OCH3 is 1. The van der Waals surface area contributed by atoms with E-state index in [2.05, 4.69) is 17.0 Å². The summed E-state index contributed by atoms with van der Waals surface area (Å²) in [5, 5.41) is 14.2. The third kappa shape index (κ3) is 3.19. The molecule has 3 aromatic rings. The first-order valence-corrected chi connectivity index (χ1v) is 7.77. The monoisotopic (exact) mass is 345 g/mol. The molecule has 0 radical (unpaired) electrons. The summed E-state index contributed by atoms with van der Waals surface area (Å²) >= 11 is 6.04. The predicted molar refractivity (Wildman–Crippen MR) is 90.1 cm³/mol. The lowest BCUT2D eigenvalue weighted by molar-refractivity contribution is 0.0695. The summed E-state index contributed by atoms with van der Waals surface area (Å²) in [5.41, 5.74) is 1.69. The number of carbonyl (C=O) groups is 1. The fourth-order valence-electron chi connectivity index (χ4n) is 2.56. The summed E-state index contributed by atoms with van der Waals surface area (Å²) in [6.07, 6.45) is 2.04. The Kier molecular flexibility index (Phi) is 4.40. The van der Waals surface area contributed by atoms with Crippen LogP contribution < -0.4 is 4.74 Å². The normalized spacial score (nSPS) is 12.3. The minimum Gasteiger partial charge on any atom is -0.493 e. The summed E-state index contributed by atoms with van der Waals surface area (Å²) in [4.78, 5) is 15.7. The maximum atomic E-state index is 11.2. The number of hydrogen-bond donors (Lipinski definition) is 1. The van der Waals surface area contributed by atoms with Crippen LogP contribution in [0.2, 0.25) is 5.02 Å². The maximum absolute atomic E-state index is 11.2. The molecule has 124 valence electrons. The molecule has 6 nitrogen and oxygen atoms in total. The first-order valence-electron chi connectivity index (χ1n) is 7.40. The number of ether oxygens (including phenoxy) is 1. The van der Waals surface area contributed by atoms with Crippen LogP contribution in [-0.4, -0.2) is 32.8 Å². The molecular formula is C17H16ClN3O3. The van der Waals surface area contributed by atoms with Crippen molar-refractivity contribution in [2.75, 3.05) is 7.11 Å². The topological polar surface area (TPSA) is 76.7 Å². The second-order valence-corrected chi connectivity index (χ2v) is 6.00. The molecule has 0 amide bonds. The van der Waals surface area contributed by atoms with Crippen LogP contribution in [0.1, 0.15) is 34.6 Å². The van der Waals surface area contributed by atoms with E-state index < -0.39 is 5.97 Å². The number of halogens is 1. The van der Waals surface area contributed by atoms with Crippen molar-refractivity contribution in [2.24, 2.45) is 0 Å². The molecule has 0 aliphatic rings. The van der Waals surface area contributed by atoms with Gasteiger partial charge in [-0.25, -0.2) is 14.3 Å². The zero-order chi connectivity index (χ0) is 17.3. The van der Waals surface area contributed by atoms with E-state index in [0.717, 1.165) is 5.56 Å². The third-order valence-electron chi connectivity index (χ3n) is 3.82. The van der Waals surface area contributed by atoms with Gasteiger partial charge in [-0.3, -0.25) is 0 Å². The molecule has 2 heterocycles. The van der Waals surface area contributed by atoms with Crippen molar-refractivity contribution in [1.82, 2.24) is 14.6 Å². The fourth-order valence-corrected chi connectivity index (χ4v) is 2.76. The highest BCUT2D eigenvalue weighted by Gasteiger charge is 2.16. The first-order chi connectivity index (χ1) is 11.5. The van der Waals surface area contributed by atoms with Gasteiger partial charge in [0.05, 0.1) is 12.7 Å². The number of aromatic nitrogens is 3. The number of hydrogen-bond acceptors (Lipinski definition) is 4. The van der Waals surface area contributed by atoms with Gasteiger partial charge in [-0.15, -0.1) is 0 Å². The number of benzene rings is 1. The van der Waals surface area contributed by atoms with E-state index >= 15 is 0 Å². The summed E-state index contributed by atoms with van der Waals surface area (Å²) < 4.78 is 6.68. The number of pyridine rings is 1. The predicted octanol–water partition coefficient (Wildman–Crippen LogP) is 3.44. The van der Waals surface area contributed by atoms with E-state index in [1.54, 1.807) is 0 Å². The zero-order valence-corrected chi connectivity index (χ0v) is 14.0. The Hall–Kier alpha value is -2.60. The molecule has 0 aliphatic heterocycles. The van der Waals surface area contributed by atoms with E-state index in [-0.39, 0.29) is 11.5 Å². The van der Waals surface area contributed by atoms with Gasteiger partial charge in [-0.05, 0) is 23.6 Å². The van der Waals surface area contributed by atoms with Gasteiger partial charge in [-0.1, -0.05) is 30.7 Å². The average Bonchev–Trinajstić information content (AvgIpc) is 2.96. The quantitative estimate of drug-likeness (QED) is 0.766. The van der Waals surface area contributed by atoms with Crippen LogP contribution in [0.3, 0.4) is 0 Å². The van der Waals surface area contributed by atoms with Crippen LogP contribution in [0.25, 0.3) is 5.65 Å². The SMILES string of the molecule is COc1cc(C(=O)O)cn2nc(C[C@H](C)c3cccc(Cl)c3)nc12. The summed E-state index contributed by atoms with van der Waals surface area (Å²) in [7, 11) is 1.48. The largest absolute Gasteiger partial charge is 0.493 e. The van der Waals surface area contributed by atoms with Crippen molar-refractivity contribution < 1.29 is 14.6 Å². The van der Waals surface area contributed by atoms with Gasteiger partial charge >= 0.3 is 5.97 Å². The molecule has 1 N–H and O–H groups in total. The number of aromatic carboxylic acids is 1. The van der Waals surface area contributed by atoms with Gasteiger partial charge in [-0.2, -0.15) is 5.10 Å². The lowest BCUT2D eigenvalue weighted by Crippen LogP contribution is -2.02. The molecule has 0 fully saturated rings. The van der Waals surface area contributed by atoms with E-state index in [1.165, 1.54) is 23.9 Å². The summed E-state index contributed by atoms with van der Waals surface area (Å²) in [6.45, 7) is 2.07. The van der Waals surface area contributed by atoms with Gasteiger partial charge in [0.15, 0.2) is 17.2 Å². The van der Waals surface area contributed by atoms with Crippen molar-refractivity contribution in [3.05, 3.63) is 58.5 Å². The van der Waals surface area contributed by atoms with Gasteiger partial charge < -0.3 is 9.84 Å². The highest BCUT2D eigenvalue weighted by atomic mass is 35.5. The Morgan fingerprint density at radius 2 is 2.21 bits per heavy atom. The third-order valence-corrected chi connectivity index (χ3v) is 4.05. The van der Waals surface area contributed by atoms with E-state index in [0.29, 0.717) is 28.7 Å². The lowest BCUT2D eigenvalue weighted by atomic mass is 9.98. The van der Waals surface area contributed by atoms with Crippen molar-refractivity contribution in [1.29, 1.82) is 0 Å². The highest BCUT2D eigenvalue weighted by Crippen LogP contribution is 2.24. The average molecular weight is 346 g/mol. The molecule has 1 atom stereocenters. The van der Waals surface area contributed by atoms with Crippen molar-refractivity contribution >= 4 is 23.2 Å². The van der Waals surface area contributed by atoms with Crippen LogP contribution in [-0.2, 0) is 6.42 Å². The van der Waals surface area contributed by atoms with E-state index in [1.807, 2.05) is 24.3 Å². The molecule has 0 saturated heterocycles. The second-order valence-electron chi connectivity index (χ2n) is 5.56. The van der Waals surface area contributed by atoms with Gasteiger partial charge in [0.1, 0.15) is 0 Å². The van der Waals surface area contributed by atoms with E-state index in [9.17, 15) is 4.79 Å². The van der Waals surface area contributed by atoms with Crippen molar-refractivity contribution in [3.8, 4) is 5.75 Å². The van der Waals surface area contributed by atoms with Gasteiger partial charge in [0.2, 0.25) is 0 Å². The van der Waals surface area contributed by atoms with Crippen LogP contribution >= 0.6 is 11.6 Å². The number of fused-ring (bicyclic) bond motifs is 1. The van der Waals surface area contributed by atoms with Crippen LogP contribution in [0.4, 0.5) is 0 Å². The molecule has 24 heavy (non-hydrogen) atoms. The first kappa shape index (κ1) is 16.3. The standard InChI is InChI=1S/C17H16ClN3O3/c1-10(11-4-3-5-13(18)7-11)6-15-19-16-14(24-2)8-12(17(22)23)9-21(16)20-15/h3-5,7-10H,6H2,1-2H3,(H,22,23)/t10-/m0/s1. The molecule has 0 saturated carbocycles. The molecule has 0 unspecified atom stereocenters. The Balaban J connectivity index is 1.94. The second kappa shape index (κ2) is 6.49. The molecule has 2 aromatic heterocycles. The zero-order valence-electron chi connectivity index (χ0n) is 13.2. The number of nitrogens with zero attached hydrogens (tertiary/aromatic N) is 3. The fraction of sp³-hybridized carbons (Fsp3) is 0.235. The molecule has 0 bridgehead atoms. The number of carboxylic acids is 1. The molecule has 7 heteroatoms.